The van der Waals surface area contributed by atoms with E-state index in [9.17, 15) is 9.18 Å². The summed E-state index contributed by atoms with van der Waals surface area (Å²) in [4.78, 5) is 15.8. The molecule has 0 amide bonds. The average Bonchev–Trinajstić information content (AvgIpc) is 2.35. The molecule has 2 aromatic rings. The highest BCUT2D eigenvalue weighted by Crippen LogP contribution is 2.17. The molecule has 0 aliphatic rings. The molecule has 0 bridgehead atoms. The maximum absolute atomic E-state index is 12.9. The number of ketones is 1. The minimum absolute atomic E-state index is 0.0244. The molecule has 4 heteroatoms. The van der Waals surface area contributed by atoms with Crippen LogP contribution in [0.25, 0.3) is 0 Å². The van der Waals surface area contributed by atoms with Crippen molar-refractivity contribution in [3.8, 4) is 0 Å². The van der Waals surface area contributed by atoms with E-state index >= 15 is 0 Å². The van der Waals surface area contributed by atoms with Gasteiger partial charge in [-0.15, -0.1) is 0 Å². The third-order valence-corrected chi connectivity index (χ3v) is 2.59. The van der Waals surface area contributed by atoms with Gasteiger partial charge in [0.25, 0.3) is 0 Å². The second kappa shape index (κ2) is 5.06. The molecule has 0 aliphatic heterocycles. The highest BCUT2D eigenvalue weighted by molar-refractivity contribution is 6.30. The van der Waals surface area contributed by atoms with Crippen LogP contribution in [0.2, 0.25) is 5.02 Å². The third kappa shape index (κ3) is 2.88. The summed E-state index contributed by atoms with van der Waals surface area (Å²) in [6.45, 7) is 0. The van der Waals surface area contributed by atoms with Crippen LogP contribution in [0.5, 0.6) is 0 Å². The van der Waals surface area contributed by atoms with Crippen molar-refractivity contribution in [1.82, 2.24) is 4.98 Å². The maximum atomic E-state index is 12.9. The van der Waals surface area contributed by atoms with Crippen LogP contribution in [0.3, 0.4) is 0 Å². The predicted octanol–water partition coefficient (Wildman–Crippen LogP) is 3.30. The van der Waals surface area contributed by atoms with Crippen LogP contribution in [0.4, 0.5) is 4.39 Å². The van der Waals surface area contributed by atoms with E-state index in [1.807, 2.05) is 0 Å². The van der Waals surface area contributed by atoms with Crippen molar-refractivity contribution in [3.05, 3.63) is 64.7 Å². The van der Waals surface area contributed by atoms with Crippen molar-refractivity contribution < 1.29 is 9.18 Å². The minimum Gasteiger partial charge on any atom is -0.292 e. The highest BCUT2D eigenvalue weighted by atomic mass is 35.5. The molecule has 17 heavy (non-hydrogen) atoms. The lowest BCUT2D eigenvalue weighted by Gasteiger charge is -2.02. The summed E-state index contributed by atoms with van der Waals surface area (Å²) in [6, 6.07) is 9.39. The van der Waals surface area contributed by atoms with Crippen molar-refractivity contribution in [3.63, 3.8) is 0 Å². The van der Waals surface area contributed by atoms with E-state index < -0.39 is 5.82 Å². The van der Waals surface area contributed by atoms with Gasteiger partial charge in [0.15, 0.2) is 5.78 Å². The monoisotopic (exact) mass is 249 g/mol. The average molecular weight is 250 g/mol. The number of pyridine rings is 1. The van der Waals surface area contributed by atoms with E-state index in [0.717, 1.165) is 0 Å². The Morgan fingerprint density at radius 1 is 1.29 bits per heavy atom. The molecular formula is C13H9ClFNO. The molecule has 0 saturated heterocycles. The van der Waals surface area contributed by atoms with Gasteiger partial charge in [0.1, 0.15) is 11.5 Å². The summed E-state index contributed by atoms with van der Waals surface area (Å²) in [5, 5.41) is 0.0244. The molecular weight excluding hydrogens is 241 g/mol. The Morgan fingerprint density at radius 2 is 2.12 bits per heavy atom. The van der Waals surface area contributed by atoms with Crippen LogP contribution in [0, 0.1) is 5.82 Å². The number of nitrogens with zero attached hydrogens (tertiary/aromatic N) is 1. The molecule has 86 valence electrons. The van der Waals surface area contributed by atoms with Gasteiger partial charge in [0.2, 0.25) is 0 Å². The number of hydrogen-bond donors (Lipinski definition) is 0. The van der Waals surface area contributed by atoms with Gasteiger partial charge in [0.05, 0.1) is 5.02 Å². The third-order valence-electron chi connectivity index (χ3n) is 2.30. The lowest BCUT2D eigenvalue weighted by molar-refractivity contribution is 0.0988. The Labute approximate surface area is 103 Å². The molecule has 1 heterocycles. The van der Waals surface area contributed by atoms with Gasteiger partial charge in [-0.1, -0.05) is 23.7 Å². The second-order valence-corrected chi connectivity index (χ2v) is 3.97. The van der Waals surface area contributed by atoms with Gasteiger partial charge in [-0.05, 0) is 29.8 Å². The molecule has 2 rings (SSSR count). The fourth-order valence-electron chi connectivity index (χ4n) is 1.45. The number of rotatable bonds is 3. The molecule has 2 nitrogen and oxygen atoms in total. The van der Waals surface area contributed by atoms with Crippen molar-refractivity contribution in [1.29, 1.82) is 0 Å². The molecule has 0 fully saturated rings. The summed E-state index contributed by atoms with van der Waals surface area (Å²) in [5.41, 5.74) is 1.07. The van der Waals surface area contributed by atoms with Crippen LogP contribution in [-0.4, -0.2) is 10.8 Å². The fraction of sp³-hybridized carbons (Fsp3) is 0.0769. The first-order valence-electron chi connectivity index (χ1n) is 5.05. The lowest BCUT2D eigenvalue weighted by Crippen LogP contribution is -2.05. The molecule has 0 radical (unpaired) electrons. The lowest BCUT2D eigenvalue weighted by atomic mass is 10.1. The van der Waals surface area contributed by atoms with Crippen molar-refractivity contribution >= 4 is 17.4 Å². The van der Waals surface area contributed by atoms with Gasteiger partial charge >= 0.3 is 0 Å². The van der Waals surface area contributed by atoms with Crippen molar-refractivity contribution in [2.75, 3.05) is 0 Å². The first-order chi connectivity index (χ1) is 8.16. The van der Waals surface area contributed by atoms with Gasteiger partial charge in [-0.3, -0.25) is 9.78 Å². The zero-order chi connectivity index (χ0) is 12.3. The number of benzene rings is 1. The van der Waals surface area contributed by atoms with E-state index in [0.29, 0.717) is 11.3 Å². The summed E-state index contributed by atoms with van der Waals surface area (Å²) in [6.07, 6.45) is 1.72. The first kappa shape index (κ1) is 11.7. The Balaban J connectivity index is 2.16. The summed E-state index contributed by atoms with van der Waals surface area (Å²) in [5.74, 6) is -0.603. The first-order valence-corrected chi connectivity index (χ1v) is 5.43. The Morgan fingerprint density at radius 3 is 2.76 bits per heavy atom. The minimum atomic E-state index is -0.485. The van der Waals surface area contributed by atoms with Crippen molar-refractivity contribution in [2.45, 2.75) is 6.42 Å². The van der Waals surface area contributed by atoms with E-state index in [-0.39, 0.29) is 17.2 Å². The maximum Gasteiger partial charge on any atom is 0.185 e. The molecule has 0 spiro atoms. The molecule has 0 aliphatic carbocycles. The van der Waals surface area contributed by atoms with Crippen molar-refractivity contribution in [2.24, 2.45) is 0 Å². The molecule has 1 aromatic heterocycles. The smallest absolute Gasteiger partial charge is 0.185 e. The number of carbonyl (C=O) groups excluding carboxylic acids is 1. The van der Waals surface area contributed by atoms with Crippen LogP contribution in [0.15, 0.2) is 42.6 Å². The Kier molecular flexibility index (Phi) is 3.49. The fourth-order valence-corrected chi connectivity index (χ4v) is 1.66. The van der Waals surface area contributed by atoms with Crippen LogP contribution >= 0.6 is 11.6 Å². The van der Waals surface area contributed by atoms with Crippen LogP contribution in [-0.2, 0) is 6.42 Å². The van der Waals surface area contributed by atoms with Gasteiger partial charge in [0, 0.05) is 12.6 Å². The zero-order valence-corrected chi connectivity index (χ0v) is 9.62. The molecule has 0 atom stereocenters. The normalized spacial score (nSPS) is 10.2. The van der Waals surface area contributed by atoms with Gasteiger partial charge < -0.3 is 0 Å². The second-order valence-electron chi connectivity index (χ2n) is 3.56. The largest absolute Gasteiger partial charge is 0.292 e. The highest BCUT2D eigenvalue weighted by Gasteiger charge is 2.09. The quantitative estimate of drug-likeness (QED) is 0.782. The number of aromatic nitrogens is 1. The number of carbonyl (C=O) groups is 1. The van der Waals surface area contributed by atoms with E-state index in [4.69, 9.17) is 11.6 Å². The predicted molar refractivity (Wildman–Crippen MR) is 63.7 cm³/mol. The SMILES string of the molecule is O=C(Cc1ccc(F)c(Cl)c1)c1ccccn1. The number of halogens is 2. The van der Waals surface area contributed by atoms with E-state index in [1.54, 1.807) is 30.5 Å². The summed E-state index contributed by atoms with van der Waals surface area (Å²) in [7, 11) is 0. The molecule has 0 N–H and O–H groups in total. The Bertz CT molecular complexity index is 542. The summed E-state index contributed by atoms with van der Waals surface area (Å²) < 4.78 is 12.9. The van der Waals surface area contributed by atoms with E-state index in [1.165, 1.54) is 12.1 Å². The van der Waals surface area contributed by atoms with Crippen LogP contribution in [0.1, 0.15) is 16.1 Å². The molecule has 0 saturated carbocycles. The topological polar surface area (TPSA) is 30.0 Å². The molecule has 1 aromatic carbocycles. The van der Waals surface area contributed by atoms with Gasteiger partial charge in [-0.2, -0.15) is 0 Å². The molecule has 0 unspecified atom stereocenters. The number of Topliss-reactive ketones (excluding diaryl/α,β-unsaturated/α-hetero) is 1. The number of hydrogen-bond acceptors (Lipinski definition) is 2. The Hall–Kier alpha value is -1.74. The van der Waals surface area contributed by atoms with E-state index in [2.05, 4.69) is 4.98 Å². The standard InChI is InChI=1S/C13H9ClFNO/c14-10-7-9(4-5-11(10)15)8-13(17)12-3-1-2-6-16-12/h1-7H,8H2. The van der Waals surface area contributed by atoms with Gasteiger partial charge in [-0.25, -0.2) is 4.39 Å². The van der Waals surface area contributed by atoms with Crippen LogP contribution < -0.4 is 0 Å². The summed E-state index contributed by atoms with van der Waals surface area (Å²) >= 11 is 5.64. The zero-order valence-electron chi connectivity index (χ0n) is 8.86.